The predicted molar refractivity (Wildman–Crippen MR) is 142 cm³/mol. The first-order chi connectivity index (χ1) is 15.2. The summed E-state index contributed by atoms with van der Waals surface area (Å²) in [5.41, 5.74) is 3.88. The third-order valence-electron chi connectivity index (χ3n) is 6.04. The maximum absolute atomic E-state index is 5.28. The molecule has 1 fully saturated rings. The molecule has 8 heteroatoms. The predicted octanol–water partition coefficient (Wildman–Crippen LogP) is 3.53. The van der Waals surface area contributed by atoms with Crippen LogP contribution in [0.4, 0.5) is 5.00 Å². The van der Waals surface area contributed by atoms with Crippen LogP contribution in [-0.2, 0) is 6.42 Å². The molecule has 1 atom stereocenters. The molecule has 3 aromatic rings. The van der Waals surface area contributed by atoms with Crippen molar-refractivity contribution in [3.05, 3.63) is 75.2 Å². The smallest absolute Gasteiger partial charge is 0.118 e. The van der Waals surface area contributed by atoms with E-state index in [0.29, 0.717) is 6.04 Å². The zero-order chi connectivity index (χ0) is 21.2. The third kappa shape index (κ3) is 5.46. The Morgan fingerprint density at radius 2 is 2.00 bits per heavy atom. The van der Waals surface area contributed by atoms with Crippen LogP contribution >= 0.6 is 36.2 Å². The average molecular weight is 506 g/mol. The number of nitrogens with one attached hydrogen (secondary N) is 2. The number of fused-ring (bicyclic) bond motifs is 2. The number of methoxy groups -OCH3 is 1. The lowest BCUT2D eigenvalue weighted by molar-refractivity contribution is 0.268. The lowest BCUT2D eigenvalue weighted by atomic mass is 10.0. The number of hydrogen-bond acceptors (Lipinski definition) is 6. The van der Waals surface area contributed by atoms with Crippen LogP contribution in [0, 0.1) is 6.92 Å². The van der Waals surface area contributed by atoms with E-state index in [-0.39, 0.29) is 24.8 Å². The Balaban J connectivity index is 0.00000153. The lowest BCUT2D eigenvalue weighted by Crippen LogP contribution is -2.51. The Hall–Kier alpha value is -2.25. The van der Waals surface area contributed by atoms with Gasteiger partial charge in [0.1, 0.15) is 10.8 Å². The molecule has 33 heavy (non-hydrogen) atoms. The van der Waals surface area contributed by atoms with Crippen LogP contribution in [-0.4, -0.2) is 42.7 Å². The topological polar surface area (TPSA) is 49.4 Å². The van der Waals surface area contributed by atoms with Gasteiger partial charge in [-0.1, -0.05) is 12.1 Å². The first-order valence-electron chi connectivity index (χ1n) is 10.9. The Morgan fingerprint density at radius 1 is 1.18 bits per heavy atom. The van der Waals surface area contributed by atoms with E-state index in [1.807, 2.05) is 35.7 Å². The van der Waals surface area contributed by atoms with Crippen molar-refractivity contribution in [2.45, 2.75) is 25.8 Å². The molecule has 0 radical (unpaired) electrons. The van der Waals surface area contributed by atoms with Crippen molar-refractivity contribution >= 4 is 53.0 Å². The van der Waals surface area contributed by atoms with E-state index >= 15 is 0 Å². The minimum Gasteiger partial charge on any atom is -0.497 e. The Labute approximate surface area is 211 Å². The normalized spacial score (nSPS) is 16.7. The van der Waals surface area contributed by atoms with E-state index in [4.69, 9.17) is 9.72 Å². The Bertz CT molecular complexity index is 1200. The van der Waals surface area contributed by atoms with Gasteiger partial charge >= 0.3 is 0 Å². The summed E-state index contributed by atoms with van der Waals surface area (Å²) >= 11 is 1.81. The van der Waals surface area contributed by atoms with Gasteiger partial charge in [-0.3, -0.25) is 4.98 Å². The van der Waals surface area contributed by atoms with Crippen LogP contribution in [0.3, 0.4) is 0 Å². The van der Waals surface area contributed by atoms with Crippen molar-refractivity contribution < 1.29 is 4.74 Å². The minimum absolute atomic E-state index is 0. The van der Waals surface area contributed by atoms with Crippen molar-refractivity contribution in [2.75, 3.05) is 32.1 Å². The molecule has 2 aromatic heterocycles. The largest absolute Gasteiger partial charge is 0.497 e. The van der Waals surface area contributed by atoms with Gasteiger partial charge in [0.15, 0.2) is 0 Å². The molecular formula is C25H30Cl2N4OS. The number of piperazine rings is 1. The highest BCUT2D eigenvalue weighted by molar-refractivity contribution is 7.16. The van der Waals surface area contributed by atoms with Gasteiger partial charge in [0.25, 0.3) is 0 Å². The number of anilines is 1. The van der Waals surface area contributed by atoms with Gasteiger partial charge in [0, 0.05) is 53.7 Å². The number of aromatic nitrogens is 1. The number of hydrogen-bond donors (Lipinski definition) is 2. The SMILES string of the molecule is COc1ccc(CCC2CN(C3=c4ncccc4=CNc4sc(C)cc43)CCN2)cc1.Cl.Cl. The quantitative estimate of drug-likeness (QED) is 0.556. The molecule has 5 rings (SSSR count). The first kappa shape index (κ1) is 25.4. The summed E-state index contributed by atoms with van der Waals surface area (Å²) in [6, 6.07) is 15.3. The highest BCUT2D eigenvalue weighted by Crippen LogP contribution is 2.34. The fourth-order valence-electron chi connectivity index (χ4n) is 4.48. The third-order valence-corrected chi connectivity index (χ3v) is 7.03. The number of ether oxygens (including phenoxy) is 1. The van der Waals surface area contributed by atoms with Gasteiger partial charge in [0.2, 0.25) is 0 Å². The molecule has 176 valence electrons. The summed E-state index contributed by atoms with van der Waals surface area (Å²) in [4.78, 5) is 8.65. The summed E-state index contributed by atoms with van der Waals surface area (Å²) < 4.78 is 5.28. The average Bonchev–Trinajstić information content (AvgIpc) is 3.10. The van der Waals surface area contributed by atoms with Crippen molar-refractivity contribution in [3.8, 4) is 5.75 Å². The number of aryl methyl sites for hydroxylation is 2. The molecule has 4 heterocycles. The van der Waals surface area contributed by atoms with Crippen molar-refractivity contribution in [3.63, 3.8) is 0 Å². The van der Waals surface area contributed by atoms with Crippen molar-refractivity contribution in [1.82, 2.24) is 15.2 Å². The fourth-order valence-corrected chi connectivity index (χ4v) is 5.36. The second-order valence-electron chi connectivity index (χ2n) is 8.16. The maximum atomic E-state index is 5.28. The number of nitrogens with zero attached hydrogens (tertiary/aromatic N) is 2. The molecule has 5 nitrogen and oxygen atoms in total. The maximum Gasteiger partial charge on any atom is 0.118 e. The molecular weight excluding hydrogens is 475 g/mol. The fraction of sp³-hybridized carbons (Fsp3) is 0.320. The zero-order valence-corrected chi connectivity index (χ0v) is 21.3. The molecule has 2 aliphatic heterocycles. The van der Waals surface area contributed by atoms with Gasteiger partial charge < -0.3 is 20.3 Å². The van der Waals surface area contributed by atoms with E-state index in [1.54, 1.807) is 7.11 Å². The van der Waals surface area contributed by atoms with Crippen LogP contribution < -0.4 is 25.9 Å². The van der Waals surface area contributed by atoms with Crippen molar-refractivity contribution in [2.24, 2.45) is 0 Å². The van der Waals surface area contributed by atoms with Crippen LogP contribution in [0.2, 0.25) is 0 Å². The van der Waals surface area contributed by atoms with Gasteiger partial charge in [-0.15, -0.1) is 36.2 Å². The van der Waals surface area contributed by atoms with Gasteiger partial charge in [-0.2, -0.15) is 0 Å². The van der Waals surface area contributed by atoms with Crippen LogP contribution in [0.15, 0.2) is 48.7 Å². The lowest BCUT2D eigenvalue weighted by Gasteiger charge is -2.36. The summed E-state index contributed by atoms with van der Waals surface area (Å²) in [6.07, 6.45) is 6.15. The molecule has 0 bridgehead atoms. The molecule has 0 aliphatic carbocycles. The molecule has 1 unspecified atom stereocenters. The Morgan fingerprint density at radius 3 is 2.79 bits per heavy atom. The van der Waals surface area contributed by atoms with E-state index in [9.17, 15) is 0 Å². The number of rotatable bonds is 5. The summed E-state index contributed by atoms with van der Waals surface area (Å²) in [5, 5.41) is 10.7. The summed E-state index contributed by atoms with van der Waals surface area (Å²) in [7, 11) is 1.71. The van der Waals surface area contributed by atoms with Crippen LogP contribution in [0.25, 0.3) is 11.9 Å². The van der Waals surface area contributed by atoms with E-state index in [1.165, 1.54) is 26.7 Å². The molecule has 2 aliphatic rings. The minimum atomic E-state index is 0. The molecule has 0 spiro atoms. The second kappa shape index (κ2) is 11.3. The molecule has 1 aromatic carbocycles. The van der Waals surface area contributed by atoms with E-state index in [2.05, 4.69) is 52.9 Å². The highest BCUT2D eigenvalue weighted by Gasteiger charge is 2.26. The van der Waals surface area contributed by atoms with Gasteiger partial charge in [-0.25, -0.2) is 0 Å². The number of benzene rings is 1. The monoisotopic (exact) mass is 504 g/mol. The number of halogens is 2. The van der Waals surface area contributed by atoms with Gasteiger partial charge in [-0.05, 0) is 55.7 Å². The van der Waals surface area contributed by atoms with Crippen LogP contribution in [0.5, 0.6) is 5.75 Å². The van der Waals surface area contributed by atoms with Gasteiger partial charge in [0.05, 0.1) is 18.2 Å². The molecule has 1 saturated heterocycles. The van der Waals surface area contributed by atoms with E-state index < -0.39 is 0 Å². The van der Waals surface area contributed by atoms with Crippen molar-refractivity contribution in [1.29, 1.82) is 0 Å². The molecule has 0 saturated carbocycles. The molecule has 0 amide bonds. The zero-order valence-electron chi connectivity index (χ0n) is 18.8. The van der Waals surface area contributed by atoms with Crippen LogP contribution in [0.1, 0.15) is 22.4 Å². The number of thiophene rings is 1. The number of pyridine rings is 1. The van der Waals surface area contributed by atoms with E-state index in [0.717, 1.165) is 48.8 Å². The highest BCUT2D eigenvalue weighted by atomic mass is 35.5. The summed E-state index contributed by atoms with van der Waals surface area (Å²) in [6.45, 7) is 5.12. The first-order valence-corrected chi connectivity index (χ1v) is 11.7. The standard InChI is InChI=1S/C25H28N4OS.2ClH/c1-17-14-22-24(23-19(4-3-11-27-23)15-28-25(22)31-17)29-13-12-26-20(16-29)8-5-18-6-9-21(30-2)10-7-18;;/h3-4,6-7,9-11,14-15,20,26,28H,5,8,12-13,16H2,1-2H3;2*1H. The summed E-state index contributed by atoms with van der Waals surface area (Å²) in [5.74, 6) is 0.911. The second-order valence-corrected chi connectivity index (χ2v) is 9.42. The molecule has 2 N–H and O–H groups in total. The Kier molecular flexibility index (Phi) is 8.65.